The number of rotatable bonds is 4. The van der Waals surface area contributed by atoms with Crippen LogP contribution in [0.1, 0.15) is 29.7 Å². The van der Waals surface area contributed by atoms with Crippen molar-refractivity contribution in [1.82, 2.24) is 14.9 Å². The average molecular weight is 328 g/mol. The molecule has 0 spiro atoms. The minimum atomic E-state index is 0.223. The zero-order chi connectivity index (χ0) is 15.6. The topological polar surface area (TPSA) is 58.1 Å². The number of likely N-dealkylation sites (tertiary alicyclic amines) is 1. The molecule has 2 aliphatic rings. The first kappa shape index (κ1) is 14.6. The fraction of sp³-hybridized carbons (Fsp3) is 0.471. The van der Waals surface area contributed by atoms with Crippen LogP contribution in [-0.4, -0.2) is 39.9 Å². The summed E-state index contributed by atoms with van der Waals surface area (Å²) in [6.45, 7) is 1.59. The minimum absolute atomic E-state index is 0.223. The molecule has 1 amide bonds. The van der Waals surface area contributed by atoms with E-state index in [4.69, 9.17) is 0 Å². The van der Waals surface area contributed by atoms with Gasteiger partial charge in [-0.05, 0) is 48.1 Å². The molecule has 0 aromatic carbocycles. The van der Waals surface area contributed by atoms with Crippen LogP contribution in [0.2, 0.25) is 0 Å². The molecule has 3 heterocycles. The molecule has 6 heteroatoms. The molecule has 5 nitrogen and oxygen atoms in total. The second kappa shape index (κ2) is 6.28. The fourth-order valence-electron chi connectivity index (χ4n) is 3.46. The summed E-state index contributed by atoms with van der Waals surface area (Å²) < 4.78 is 0. The molecule has 0 saturated carbocycles. The smallest absolute Gasteiger partial charge is 0.227 e. The van der Waals surface area contributed by atoms with Gasteiger partial charge in [0.25, 0.3) is 0 Å². The molecule has 4 rings (SSSR count). The number of hydrogen-bond acceptors (Lipinski definition) is 5. The highest BCUT2D eigenvalue weighted by atomic mass is 32.1. The second-order valence-electron chi connectivity index (χ2n) is 6.28. The summed E-state index contributed by atoms with van der Waals surface area (Å²) in [5, 5.41) is 7.61. The normalized spacial score (nSPS) is 19.8. The monoisotopic (exact) mass is 328 g/mol. The van der Waals surface area contributed by atoms with Crippen LogP contribution in [0.25, 0.3) is 0 Å². The van der Waals surface area contributed by atoms with Crippen LogP contribution in [0, 0.1) is 0 Å². The van der Waals surface area contributed by atoms with Gasteiger partial charge in [0.1, 0.15) is 12.1 Å². The molecule has 1 aliphatic heterocycles. The number of anilines is 1. The molecule has 1 unspecified atom stereocenters. The summed E-state index contributed by atoms with van der Waals surface area (Å²) in [4.78, 5) is 23.1. The quantitative estimate of drug-likeness (QED) is 0.935. The SMILES string of the molecule is O=C(Cc1ccsc1)N1CCC(Nc2ncnc3c2CCC3)C1. The highest BCUT2D eigenvalue weighted by molar-refractivity contribution is 7.08. The van der Waals surface area contributed by atoms with Gasteiger partial charge in [-0.1, -0.05) is 0 Å². The number of fused-ring (bicyclic) bond motifs is 1. The first-order valence-electron chi connectivity index (χ1n) is 8.18. The Bertz CT molecular complexity index is 701. The van der Waals surface area contributed by atoms with Gasteiger partial charge in [0.2, 0.25) is 5.91 Å². The van der Waals surface area contributed by atoms with E-state index in [-0.39, 0.29) is 5.91 Å². The second-order valence-corrected chi connectivity index (χ2v) is 7.06. The van der Waals surface area contributed by atoms with Crippen LogP contribution in [0.3, 0.4) is 0 Å². The maximum absolute atomic E-state index is 12.4. The maximum Gasteiger partial charge on any atom is 0.227 e. The largest absolute Gasteiger partial charge is 0.365 e. The van der Waals surface area contributed by atoms with E-state index in [0.29, 0.717) is 12.5 Å². The van der Waals surface area contributed by atoms with Gasteiger partial charge < -0.3 is 10.2 Å². The van der Waals surface area contributed by atoms with Crippen LogP contribution in [0.4, 0.5) is 5.82 Å². The molecule has 1 atom stereocenters. The van der Waals surface area contributed by atoms with Crippen LogP contribution >= 0.6 is 11.3 Å². The van der Waals surface area contributed by atoms with Gasteiger partial charge in [-0.25, -0.2) is 9.97 Å². The van der Waals surface area contributed by atoms with E-state index in [1.807, 2.05) is 21.7 Å². The molecule has 1 fully saturated rings. The number of thiophene rings is 1. The van der Waals surface area contributed by atoms with E-state index in [2.05, 4.69) is 15.3 Å². The number of nitrogens with zero attached hydrogens (tertiary/aromatic N) is 3. The highest BCUT2D eigenvalue weighted by Crippen LogP contribution is 2.26. The average Bonchev–Trinajstić information content (AvgIpc) is 3.28. The summed E-state index contributed by atoms with van der Waals surface area (Å²) in [5.41, 5.74) is 3.58. The molecule has 0 radical (unpaired) electrons. The van der Waals surface area contributed by atoms with E-state index in [9.17, 15) is 4.79 Å². The molecule has 0 bridgehead atoms. The third-order valence-electron chi connectivity index (χ3n) is 4.69. The number of carbonyl (C=O) groups excluding carboxylic acids is 1. The van der Waals surface area contributed by atoms with E-state index in [0.717, 1.165) is 43.7 Å². The predicted molar refractivity (Wildman–Crippen MR) is 90.7 cm³/mol. The lowest BCUT2D eigenvalue weighted by Crippen LogP contribution is -2.32. The Morgan fingerprint density at radius 3 is 3.22 bits per heavy atom. The van der Waals surface area contributed by atoms with Crippen molar-refractivity contribution in [3.05, 3.63) is 40.0 Å². The van der Waals surface area contributed by atoms with Crippen molar-refractivity contribution < 1.29 is 4.79 Å². The van der Waals surface area contributed by atoms with E-state index < -0.39 is 0 Å². The van der Waals surface area contributed by atoms with Crippen LogP contribution in [0.15, 0.2) is 23.2 Å². The van der Waals surface area contributed by atoms with E-state index >= 15 is 0 Å². The summed E-state index contributed by atoms with van der Waals surface area (Å²) in [5.74, 6) is 1.20. The Morgan fingerprint density at radius 2 is 2.35 bits per heavy atom. The summed E-state index contributed by atoms with van der Waals surface area (Å²) >= 11 is 1.64. The number of aryl methyl sites for hydroxylation is 1. The number of aromatic nitrogens is 2. The van der Waals surface area contributed by atoms with Crippen LogP contribution < -0.4 is 5.32 Å². The molecular formula is C17H20N4OS. The fourth-order valence-corrected chi connectivity index (χ4v) is 4.13. The Labute approximate surface area is 139 Å². The zero-order valence-corrected chi connectivity index (χ0v) is 13.8. The molecule has 23 heavy (non-hydrogen) atoms. The number of carbonyl (C=O) groups is 1. The van der Waals surface area contributed by atoms with Crippen molar-refractivity contribution in [2.75, 3.05) is 18.4 Å². The minimum Gasteiger partial charge on any atom is -0.365 e. The van der Waals surface area contributed by atoms with E-state index in [1.54, 1.807) is 17.7 Å². The van der Waals surface area contributed by atoms with Gasteiger partial charge in [-0.15, -0.1) is 0 Å². The molecule has 1 saturated heterocycles. The number of nitrogens with one attached hydrogen (secondary N) is 1. The molecular weight excluding hydrogens is 308 g/mol. The van der Waals surface area contributed by atoms with Gasteiger partial charge in [0.05, 0.1) is 6.42 Å². The molecule has 120 valence electrons. The van der Waals surface area contributed by atoms with Gasteiger partial charge in [-0.3, -0.25) is 4.79 Å². The zero-order valence-electron chi connectivity index (χ0n) is 13.0. The summed E-state index contributed by atoms with van der Waals surface area (Å²) in [7, 11) is 0. The third kappa shape index (κ3) is 3.08. The lowest BCUT2D eigenvalue weighted by Gasteiger charge is -2.18. The van der Waals surface area contributed by atoms with Gasteiger partial charge >= 0.3 is 0 Å². The van der Waals surface area contributed by atoms with Crippen molar-refractivity contribution in [2.24, 2.45) is 0 Å². The number of hydrogen-bond donors (Lipinski definition) is 1. The van der Waals surface area contributed by atoms with E-state index in [1.165, 1.54) is 17.7 Å². The Morgan fingerprint density at radius 1 is 1.39 bits per heavy atom. The Balaban J connectivity index is 1.37. The van der Waals surface area contributed by atoms with Gasteiger partial charge in [0, 0.05) is 30.4 Å². The predicted octanol–water partition coefficient (Wildman–Crippen LogP) is 2.28. The molecule has 1 N–H and O–H groups in total. The van der Waals surface area contributed by atoms with Crippen molar-refractivity contribution in [3.8, 4) is 0 Å². The van der Waals surface area contributed by atoms with Crippen molar-refractivity contribution >= 4 is 23.1 Å². The van der Waals surface area contributed by atoms with Crippen molar-refractivity contribution in [3.63, 3.8) is 0 Å². The Hall–Kier alpha value is -1.95. The van der Waals surface area contributed by atoms with Crippen molar-refractivity contribution in [2.45, 2.75) is 38.1 Å². The third-order valence-corrected chi connectivity index (χ3v) is 5.42. The first-order valence-corrected chi connectivity index (χ1v) is 9.12. The highest BCUT2D eigenvalue weighted by Gasteiger charge is 2.27. The summed E-state index contributed by atoms with van der Waals surface area (Å²) in [6, 6.07) is 2.32. The number of amides is 1. The Kier molecular flexibility index (Phi) is 3.99. The lowest BCUT2D eigenvalue weighted by atomic mass is 10.2. The maximum atomic E-state index is 12.4. The standard InChI is InChI=1S/C17H20N4OS/c22-16(8-12-5-7-23-10-12)21-6-4-13(9-21)20-17-14-2-1-3-15(14)18-11-19-17/h5,7,10-11,13H,1-4,6,8-9H2,(H,18,19,20). The van der Waals surface area contributed by atoms with Crippen LogP contribution in [0.5, 0.6) is 0 Å². The summed E-state index contributed by atoms with van der Waals surface area (Å²) in [6.07, 6.45) is 6.43. The molecule has 2 aromatic heterocycles. The van der Waals surface area contributed by atoms with Gasteiger partial charge in [-0.2, -0.15) is 11.3 Å². The van der Waals surface area contributed by atoms with Crippen molar-refractivity contribution in [1.29, 1.82) is 0 Å². The lowest BCUT2D eigenvalue weighted by molar-refractivity contribution is -0.129. The molecule has 1 aliphatic carbocycles. The van der Waals surface area contributed by atoms with Gasteiger partial charge in [0.15, 0.2) is 0 Å². The first-order chi connectivity index (χ1) is 11.3. The van der Waals surface area contributed by atoms with Crippen LogP contribution in [-0.2, 0) is 24.1 Å². The molecule has 2 aromatic rings.